The van der Waals surface area contributed by atoms with Gasteiger partial charge in [0.1, 0.15) is 12.4 Å². The van der Waals surface area contributed by atoms with Crippen LogP contribution in [0.4, 0.5) is 0 Å². The Kier molecular flexibility index (Phi) is 4.28. The predicted octanol–water partition coefficient (Wildman–Crippen LogP) is 2.61. The van der Waals surface area contributed by atoms with E-state index in [1.165, 1.54) is 18.2 Å². The fraction of sp³-hybridized carbons (Fsp3) is 0.0714. The number of nitrogens with zero attached hydrogens (tertiary/aromatic N) is 1. The molecule has 0 amide bonds. The first kappa shape index (κ1) is 13.5. The molecule has 0 unspecified atom stereocenters. The van der Waals surface area contributed by atoms with Gasteiger partial charge in [-0.05, 0) is 17.7 Å². The third-order valence-electron chi connectivity index (χ3n) is 2.49. The van der Waals surface area contributed by atoms with E-state index in [4.69, 9.17) is 4.74 Å². The first-order chi connectivity index (χ1) is 9.66. The van der Waals surface area contributed by atoms with Crippen molar-refractivity contribution >= 4 is 5.97 Å². The fourth-order valence-electron chi connectivity index (χ4n) is 1.60. The Morgan fingerprint density at radius 2 is 1.70 bits per heavy atom. The van der Waals surface area contributed by atoms with Crippen LogP contribution >= 0.6 is 0 Å². The monoisotopic (exact) mass is 273 g/mol. The van der Waals surface area contributed by atoms with Crippen molar-refractivity contribution in [3.05, 3.63) is 75.8 Å². The summed E-state index contributed by atoms with van der Waals surface area (Å²) < 4.78 is 5.09. The minimum absolute atomic E-state index is 0.0140. The summed E-state index contributed by atoms with van der Waals surface area (Å²) >= 11 is 0. The van der Waals surface area contributed by atoms with Crippen molar-refractivity contribution in [2.45, 2.75) is 6.61 Å². The fourth-order valence-corrected chi connectivity index (χ4v) is 1.60. The number of carbonyl (C=O) groups excluding carboxylic acids is 1. The van der Waals surface area contributed by atoms with Crippen LogP contribution in [0, 0.1) is 10.1 Å². The van der Waals surface area contributed by atoms with E-state index in [1.807, 2.05) is 30.3 Å². The van der Waals surface area contributed by atoms with Crippen LogP contribution in [0.3, 0.4) is 0 Å². The van der Waals surface area contributed by atoms with Gasteiger partial charge in [-0.3, -0.25) is 4.84 Å². The number of esters is 1. The smallest absolute Gasteiger partial charge is 0.340 e. The Morgan fingerprint density at radius 1 is 1.05 bits per heavy atom. The number of hydrogen-bond acceptors (Lipinski definition) is 5. The minimum atomic E-state index is -0.969. The van der Waals surface area contributed by atoms with Crippen LogP contribution in [0.2, 0.25) is 0 Å². The molecule has 6 heteroatoms. The van der Waals surface area contributed by atoms with Crippen LogP contribution < -0.4 is 4.84 Å². The lowest BCUT2D eigenvalue weighted by atomic mass is 10.2. The Bertz CT molecular complexity index is 612. The summed E-state index contributed by atoms with van der Waals surface area (Å²) in [4.78, 5) is 26.6. The molecule has 0 aliphatic rings. The van der Waals surface area contributed by atoms with Gasteiger partial charge < -0.3 is 4.74 Å². The highest BCUT2D eigenvalue weighted by Crippen LogP contribution is 2.19. The SMILES string of the molecule is O=C(OCc1ccccc1)c1ccccc1O[N+](=O)[O-]. The number of para-hydroxylation sites is 1. The molecule has 0 N–H and O–H groups in total. The van der Waals surface area contributed by atoms with E-state index in [-0.39, 0.29) is 17.9 Å². The number of hydrogen-bond donors (Lipinski definition) is 0. The maximum Gasteiger partial charge on any atom is 0.340 e. The van der Waals surface area contributed by atoms with Gasteiger partial charge in [0.15, 0.2) is 0 Å². The molecule has 0 atom stereocenters. The summed E-state index contributed by atoms with van der Waals surface area (Å²) in [7, 11) is 0. The number of benzene rings is 2. The van der Waals surface area contributed by atoms with E-state index in [2.05, 4.69) is 4.84 Å². The van der Waals surface area contributed by atoms with Crippen LogP contribution in [-0.4, -0.2) is 11.1 Å². The largest absolute Gasteiger partial charge is 0.457 e. The van der Waals surface area contributed by atoms with E-state index in [0.717, 1.165) is 5.56 Å². The molecule has 0 bridgehead atoms. The maximum atomic E-state index is 11.9. The Balaban J connectivity index is 2.07. The van der Waals surface area contributed by atoms with Crippen molar-refractivity contribution in [1.29, 1.82) is 0 Å². The van der Waals surface area contributed by atoms with E-state index in [9.17, 15) is 14.9 Å². The second kappa shape index (κ2) is 6.33. The molecule has 0 heterocycles. The molecule has 0 aliphatic carbocycles. The Hall–Kier alpha value is -2.89. The van der Waals surface area contributed by atoms with Gasteiger partial charge in [-0.25, -0.2) is 4.79 Å². The Labute approximate surface area is 114 Å². The van der Waals surface area contributed by atoms with Crippen LogP contribution in [-0.2, 0) is 11.3 Å². The third kappa shape index (κ3) is 3.55. The molecular formula is C14H11NO5. The van der Waals surface area contributed by atoms with E-state index in [0.29, 0.717) is 0 Å². The van der Waals surface area contributed by atoms with Crippen molar-refractivity contribution < 1.29 is 19.5 Å². The van der Waals surface area contributed by atoms with E-state index >= 15 is 0 Å². The molecule has 102 valence electrons. The van der Waals surface area contributed by atoms with Gasteiger partial charge in [0, 0.05) is 0 Å². The average molecular weight is 273 g/mol. The molecule has 2 aromatic rings. The second-order valence-corrected chi connectivity index (χ2v) is 3.87. The lowest BCUT2D eigenvalue weighted by molar-refractivity contribution is -0.711. The summed E-state index contributed by atoms with van der Waals surface area (Å²) in [5, 5.41) is 9.39. The van der Waals surface area contributed by atoms with Crippen molar-refractivity contribution in [2.24, 2.45) is 0 Å². The molecule has 6 nitrogen and oxygen atoms in total. The highest BCUT2D eigenvalue weighted by Gasteiger charge is 2.15. The normalized spacial score (nSPS) is 9.80. The number of carbonyl (C=O) groups is 1. The highest BCUT2D eigenvalue weighted by molar-refractivity contribution is 5.92. The lowest BCUT2D eigenvalue weighted by Crippen LogP contribution is -2.11. The van der Waals surface area contributed by atoms with Crippen molar-refractivity contribution in [3.63, 3.8) is 0 Å². The average Bonchev–Trinajstić information content (AvgIpc) is 2.46. The summed E-state index contributed by atoms with van der Waals surface area (Å²) in [6, 6.07) is 15.0. The predicted molar refractivity (Wildman–Crippen MR) is 69.6 cm³/mol. The molecule has 2 rings (SSSR count). The summed E-state index contributed by atoms with van der Waals surface area (Å²) in [5.41, 5.74) is 0.841. The molecule has 2 aromatic carbocycles. The van der Waals surface area contributed by atoms with Gasteiger partial charge in [0.25, 0.3) is 5.09 Å². The summed E-state index contributed by atoms with van der Waals surface area (Å²) in [5.74, 6) is -0.818. The quantitative estimate of drug-likeness (QED) is 0.475. The van der Waals surface area contributed by atoms with Crippen molar-refractivity contribution in [3.8, 4) is 5.75 Å². The number of rotatable bonds is 5. The third-order valence-corrected chi connectivity index (χ3v) is 2.49. The molecule has 0 saturated heterocycles. The molecular weight excluding hydrogens is 262 g/mol. The molecule has 0 spiro atoms. The highest BCUT2D eigenvalue weighted by atomic mass is 17.0. The zero-order valence-electron chi connectivity index (χ0n) is 10.4. The van der Waals surface area contributed by atoms with E-state index in [1.54, 1.807) is 6.07 Å². The lowest BCUT2D eigenvalue weighted by Gasteiger charge is -2.08. The standard InChI is InChI=1S/C14H11NO5/c16-14(19-10-11-6-2-1-3-7-11)12-8-4-5-9-13(12)20-15(17)18/h1-9H,10H2. The van der Waals surface area contributed by atoms with Crippen LogP contribution in [0.15, 0.2) is 54.6 Å². The molecule has 20 heavy (non-hydrogen) atoms. The first-order valence-electron chi connectivity index (χ1n) is 5.79. The van der Waals surface area contributed by atoms with Gasteiger partial charge >= 0.3 is 5.97 Å². The maximum absolute atomic E-state index is 11.9. The molecule has 0 radical (unpaired) electrons. The zero-order valence-corrected chi connectivity index (χ0v) is 10.4. The van der Waals surface area contributed by atoms with Crippen LogP contribution in [0.25, 0.3) is 0 Å². The van der Waals surface area contributed by atoms with Crippen molar-refractivity contribution in [2.75, 3.05) is 0 Å². The first-order valence-corrected chi connectivity index (χ1v) is 5.79. The summed E-state index contributed by atoms with van der Waals surface area (Å²) in [6.07, 6.45) is 0. The molecule has 0 fully saturated rings. The molecule has 0 aliphatic heterocycles. The van der Waals surface area contributed by atoms with Gasteiger partial charge in [0.2, 0.25) is 0 Å². The summed E-state index contributed by atoms with van der Waals surface area (Å²) in [6.45, 7) is 0.0898. The van der Waals surface area contributed by atoms with Gasteiger partial charge in [-0.2, -0.15) is 0 Å². The Morgan fingerprint density at radius 3 is 2.40 bits per heavy atom. The van der Waals surface area contributed by atoms with Gasteiger partial charge in [-0.15, -0.1) is 10.1 Å². The van der Waals surface area contributed by atoms with Gasteiger partial charge in [-0.1, -0.05) is 42.5 Å². The van der Waals surface area contributed by atoms with Crippen LogP contribution in [0.5, 0.6) is 5.75 Å². The van der Waals surface area contributed by atoms with Gasteiger partial charge in [0.05, 0.1) is 5.56 Å². The number of ether oxygens (including phenoxy) is 1. The van der Waals surface area contributed by atoms with E-state index < -0.39 is 11.1 Å². The second-order valence-electron chi connectivity index (χ2n) is 3.87. The van der Waals surface area contributed by atoms with Crippen LogP contribution in [0.1, 0.15) is 15.9 Å². The zero-order chi connectivity index (χ0) is 14.4. The topological polar surface area (TPSA) is 78.7 Å². The minimum Gasteiger partial charge on any atom is -0.457 e. The molecule has 0 saturated carbocycles. The molecule has 0 aromatic heterocycles. The van der Waals surface area contributed by atoms with Crippen molar-refractivity contribution in [1.82, 2.24) is 0 Å².